The fraction of sp³-hybridized carbons (Fsp3) is 0.105. The molecule has 1 heterocycles. The van der Waals surface area contributed by atoms with Crippen molar-refractivity contribution in [1.29, 1.82) is 0 Å². The highest BCUT2D eigenvalue weighted by atomic mass is 32.2. The molecule has 0 atom stereocenters. The number of nitrogens with zero attached hydrogens (tertiary/aromatic N) is 1. The molecule has 0 aliphatic heterocycles. The predicted molar refractivity (Wildman–Crippen MR) is 96.4 cm³/mol. The molecular formula is C19H17FN2O2S. The summed E-state index contributed by atoms with van der Waals surface area (Å²) in [6.07, 6.45) is 3.53. The van der Waals surface area contributed by atoms with E-state index in [1.54, 1.807) is 24.5 Å². The van der Waals surface area contributed by atoms with Gasteiger partial charge in [-0.15, -0.1) is 0 Å². The molecule has 1 aromatic heterocycles. The zero-order valence-corrected chi connectivity index (χ0v) is 14.6. The minimum absolute atomic E-state index is 0.0127. The zero-order valence-electron chi connectivity index (χ0n) is 13.8. The number of rotatable bonds is 4. The molecule has 6 heteroatoms. The lowest BCUT2D eigenvalue weighted by atomic mass is 9.98. The van der Waals surface area contributed by atoms with Crippen LogP contribution in [0.25, 0.3) is 11.1 Å². The highest BCUT2D eigenvalue weighted by Crippen LogP contribution is 2.28. The molecule has 1 N–H and O–H groups in total. The second kappa shape index (κ2) is 6.64. The smallest absolute Gasteiger partial charge is 0.261 e. The van der Waals surface area contributed by atoms with E-state index in [1.165, 1.54) is 12.1 Å². The SMILES string of the molecule is Cc1cc(NS(=O)(=O)c2ccc(F)cc2)ccc1-c1cnccc1C. The Morgan fingerprint density at radius 2 is 1.64 bits per heavy atom. The molecule has 2 aromatic carbocycles. The second-order valence-electron chi connectivity index (χ2n) is 5.78. The number of halogens is 1. The maximum atomic E-state index is 13.0. The van der Waals surface area contributed by atoms with E-state index in [0.29, 0.717) is 5.69 Å². The molecule has 0 aliphatic rings. The zero-order chi connectivity index (χ0) is 18.0. The average molecular weight is 356 g/mol. The molecule has 0 saturated carbocycles. The number of hydrogen-bond acceptors (Lipinski definition) is 3. The largest absolute Gasteiger partial charge is 0.280 e. The molecule has 0 spiro atoms. The third-order valence-electron chi connectivity index (χ3n) is 3.93. The van der Waals surface area contributed by atoms with Crippen LogP contribution in [0.2, 0.25) is 0 Å². The number of pyridine rings is 1. The van der Waals surface area contributed by atoms with Crippen molar-refractivity contribution in [2.45, 2.75) is 18.7 Å². The summed E-state index contributed by atoms with van der Waals surface area (Å²) < 4.78 is 40.3. The number of anilines is 1. The maximum absolute atomic E-state index is 13.0. The third kappa shape index (κ3) is 3.69. The Balaban J connectivity index is 1.91. The lowest BCUT2D eigenvalue weighted by Gasteiger charge is -2.12. The van der Waals surface area contributed by atoms with Gasteiger partial charge in [0.2, 0.25) is 0 Å². The predicted octanol–water partition coefficient (Wildman–Crippen LogP) is 4.31. The molecule has 0 bridgehead atoms. The fourth-order valence-electron chi connectivity index (χ4n) is 2.60. The normalized spacial score (nSPS) is 11.3. The van der Waals surface area contributed by atoms with Crippen molar-refractivity contribution in [3.8, 4) is 11.1 Å². The number of aryl methyl sites for hydroxylation is 2. The minimum atomic E-state index is -3.76. The first-order valence-corrected chi connectivity index (χ1v) is 9.15. The van der Waals surface area contributed by atoms with Crippen LogP contribution < -0.4 is 4.72 Å². The van der Waals surface area contributed by atoms with Gasteiger partial charge >= 0.3 is 0 Å². The summed E-state index contributed by atoms with van der Waals surface area (Å²) in [5.41, 5.74) is 4.48. The van der Waals surface area contributed by atoms with Crippen LogP contribution >= 0.6 is 0 Å². The monoisotopic (exact) mass is 356 g/mol. The van der Waals surface area contributed by atoms with Crippen molar-refractivity contribution in [2.75, 3.05) is 4.72 Å². The Morgan fingerprint density at radius 1 is 0.920 bits per heavy atom. The Bertz CT molecular complexity index is 1020. The Labute approximate surface area is 146 Å². The maximum Gasteiger partial charge on any atom is 0.261 e. The van der Waals surface area contributed by atoms with Gasteiger partial charge in [0.15, 0.2) is 0 Å². The highest BCUT2D eigenvalue weighted by Gasteiger charge is 2.15. The summed E-state index contributed by atoms with van der Waals surface area (Å²) in [4.78, 5) is 4.16. The van der Waals surface area contributed by atoms with Crippen LogP contribution in [-0.4, -0.2) is 13.4 Å². The Kier molecular flexibility index (Phi) is 4.55. The van der Waals surface area contributed by atoms with E-state index in [0.717, 1.165) is 34.4 Å². The first-order chi connectivity index (χ1) is 11.9. The van der Waals surface area contributed by atoms with Gasteiger partial charge in [-0.3, -0.25) is 9.71 Å². The number of hydrogen-bond donors (Lipinski definition) is 1. The number of nitrogens with one attached hydrogen (secondary N) is 1. The lowest BCUT2D eigenvalue weighted by Crippen LogP contribution is -2.13. The van der Waals surface area contributed by atoms with Gasteiger partial charge in [-0.2, -0.15) is 0 Å². The molecular weight excluding hydrogens is 339 g/mol. The lowest BCUT2D eigenvalue weighted by molar-refractivity contribution is 0.599. The topological polar surface area (TPSA) is 59.1 Å². The van der Waals surface area contributed by atoms with Gasteiger partial charge in [0.05, 0.1) is 4.90 Å². The molecule has 0 radical (unpaired) electrons. The quantitative estimate of drug-likeness (QED) is 0.758. The van der Waals surface area contributed by atoms with Crippen molar-refractivity contribution in [1.82, 2.24) is 4.98 Å². The van der Waals surface area contributed by atoms with Crippen LogP contribution in [0.5, 0.6) is 0 Å². The van der Waals surface area contributed by atoms with Crippen molar-refractivity contribution in [3.05, 3.63) is 77.9 Å². The van der Waals surface area contributed by atoms with Crippen molar-refractivity contribution >= 4 is 15.7 Å². The van der Waals surface area contributed by atoms with Gasteiger partial charge in [0.25, 0.3) is 10.0 Å². The molecule has 3 rings (SSSR count). The van der Waals surface area contributed by atoms with Gasteiger partial charge in [-0.25, -0.2) is 12.8 Å². The molecule has 0 saturated heterocycles. The number of aromatic nitrogens is 1. The van der Waals surface area contributed by atoms with E-state index in [1.807, 2.05) is 26.0 Å². The van der Waals surface area contributed by atoms with Crippen LogP contribution in [-0.2, 0) is 10.0 Å². The number of benzene rings is 2. The molecule has 0 unspecified atom stereocenters. The molecule has 25 heavy (non-hydrogen) atoms. The van der Waals surface area contributed by atoms with E-state index >= 15 is 0 Å². The van der Waals surface area contributed by atoms with Crippen molar-refractivity contribution in [2.24, 2.45) is 0 Å². The Hall–Kier alpha value is -2.73. The van der Waals surface area contributed by atoms with E-state index in [4.69, 9.17) is 0 Å². The van der Waals surface area contributed by atoms with Crippen LogP contribution in [0.15, 0.2) is 65.8 Å². The third-order valence-corrected chi connectivity index (χ3v) is 5.33. The average Bonchev–Trinajstić information content (AvgIpc) is 2.56. The Morgan fingerprint density at radius 3 is 2.28 bits per heavy atom. The van der Waals surface area contributed by atoms with Crippen LogP contribution in [0.3, 0.4) is 0 Å². The van der Waals surface area contributed by atoms with Crippen LogP contribution in [0.4, 0.5) is 10.1 Å². The summed E-state index contributed by atoms with van der Waals surface area (Å²) in [7, 11) is -3.76. The summed E-state index contributed by atoms with van der Waals surface area (Å²) in [5, 5.41) is 0. The molecule has 3 aromatic rings. The standard InChI is InChI=1S/C19H17FN2O2S/c1-13-9-10-21-12-19(13)18-8-5-16(11-14(18)2)22-25(23,24)17-6-3-15(20)4-7-17/h3-12,22H,1-2H3. The van der Waals surface area contributed by atoms with Gasteiger partial charge in [-0.05, 0) is 73.0 Å². The molecule has 128 valence electrons. The van der Waals surface area contributed by atoms with E-state index in [9.17, 15) is 12.8 Å². The molecule has 4 nitrogen and oxygen atoms in total. The van der Waals surface area contributed by atoms with E-state index in [-0.39, 0.29) is 4.90 Å². The van der Waals surface area contributed by atoms with Gasteiger partial charge < -0.3 is 0 Å². The number of sulfonamides is 1. The summed E-state index contributed by atoms with van der Waals surface area (Å²) in [6, 6.07) is 12.0. The fourth-order valence-corrected chi connectivity index (χ4v) is 3.65. The van der Waals surface area contributed by atoms with E-state index in [2.05, 4.69) is 9.71 Å². The summed E-state index contributed by atoms with van der Waals surface area (Å²) in [5.74, 6) is -0.481. The van der Waals surface area contributed by atoms with Crippen molar-refractivity contribution < 1.29 is 12.8 Å². The summed E-state index contributed by atoms with van der Waals surface area (Å²) in [6.45, 7) is 3.92. The van der Waals surface area contributed by atoms with Gasteiger partial charge in [-0.1, -0.05) is 6.07 Å². The van der Waals surface area contributed by atoms with E-state index < -0.39 is 15.8 Å². The van der Waals surface area contributed by atoms with Crippen LogP contribution in [0, 0.1) is 19.7 Å². The van der Waals surface area contributed by atoms with Gasteiger partial charge in [0.1, 0.15) is 5.82 Å². The molecule has 0 fully saturated rings. The minimum Gasteiger partial charge on any atom is -0.280 e. The summed E-state index contributed by atoms with van der Waals surface area (Å²) >= 11 is 0. The van der Waals surface area contributed by atoms with Crippen LogP contribution in [0.1, 0.15) is 11.1 Å². The second-order valence-corrected chi connectivity index (χ2v) is 7.46. The first kappa shape index (κ1) is 17.1. The van der Waals surface area contributed by atoms with Crippen molar-refractivity contribution in [3.63, 3.8) is 0 Å². The van der Waals surface area contributed by atoms with Gasteiger partial charge in [0, 0.05) is 23.6 Å². The molecule has 0 aliphatic carbocycles. The first-order valence-electron chi connectivity index (χ1n) is 7.67. The molecule has 0 amide bonds. The highest BCUT2D eigenvalue weighted by molar-refractivity contribution is 7.92.